The van der Waals surface area contributed by atoms with E-state index in [0.29, 0.717) is 17.2 Å². The van der Waals surface area contributed by atoms with E-state index >= 15 is 0 Å². The highest BCUT2D eigenvalue weighted by Gasteiger charge is 2.27. The van der Waals surface area contributed by atoms with Crippen LogP contribution in [0, 0.1) is 0 Å². The molecule has 1 aromatic heterocycles. The molecule has 2 rings (SSSR count). The lowest BCUT2D eigenvalue weighted by molar-refractivity contribution is 0.0594. The molecule has 0 radical (unpaired) electrons. The summed E-state index contributed by atoms with van der Waals surface area (Å²) in [7, 11) is 1.35. The molecule has 116 valence electrons. The molecule has 1 aliphatic heterocycles. The van der Waals surface area contributed by atoms with E-state index in [-0.39, 0.29) is 5.54 Å². The lowest BCUT2D eigenvalue weighted by atomic mass is 10.0. The number of anilines is 2. The fourth-order valence-corrected chi connectivity index (χ4v) is 2.52. The Kier molecular flexibility index (Phi) is 4.37. The Morgan fingerprint density at radius 3 is 2.38 bits per heavy atom. The van der Waals surface area contributed by atoms with Gasteiger partial charge in [0.1, 0.15) is 0 Å². The largest absolute Gasteiger partial charge is 0.464 e. The fraction of sp³-hybridized carbons (Fsp3) is 0.600. The quantitative estimate of drug-likeness (QED) is 0.830. The maximum absolute atomic E-state index is 11.6. The van der Waals surface area contributed by atoms with E-state index in [2.05, 4.69) is 35.6 Å². The Balaban J connectivity index is 2.15. The second-order valence-corrected chi connectivity index (χ2v) is 6.25. The van der Waals surface area contributed by atoms with Gasteiger partial charge in [-0.2, -0.15) is 0 Å². The summed E-state index contributed by atoms with van der Waals surface area (Å²) in [6.45, 7) is 10.2. The highest BCUT2D eigenvalue weighted by Crippen LogP contribution is 2.24. The molecule has 1 aromatic rings. The average Bonchev–Trinajstić information content (AvgIpc) is 2.46. The van der Waals surface area contributed by atoms with Crippen LogP contribution in [0.15, 0.2) is 12.1 Å². The molecule has 21 heavy (non-hydrogen) atoms. The Bertz CT molecular complexity index is 517. The molecule has 0 atom stereocenters. The van der Waals surface area contributed by atoms with Crippen LogP contribution >= 0.6 is 0 Å². The number of piperazine rings is 1. The van der Waals surface area contributed by atoms with E-state index < -0.39 is 5.97 Å². The summed E-state index contributed by atoms with van der Waals surface area (Å²) in [5, 5.41) is 0. The summed E-state index contributed by atoms with van der Waals surface area (Å²) < 4.78 is 4.71. The number of nitrogens with zero attached hydrogens (tertiary/aromatic N) is 3. The summed E-state index contributed by atoms with van der Waals surface area (Å²) in [6.07, 6.45) is 0. The van der Waals surface area contributed by atoms with Crippen LogP contribution in [0.1, 0.15) is 31.3 Å². The van der Waals surface area contributed by atoms with Crippen LogP contribution in [0.5, 0.6) is 0 Å². The molecule has 1 aliphatic rings. The second kappa shape index (κ2) is 5.89. The number of carbonyl (C=O) groups excluding carboxylic acids is 1. The minimum absolute atomic E-state index is 0.166. The van der Waals surface area contributed by atoms with Crippen LogP contribution in [-0.4, -0.2) is 54.7 Å². The second-order valence-electron chi connectivity index (χ2n) is 6.25. The third kappa shape index (κ3) is 3.44. The van der Waals surface area contributed by atoms with Gasteiger partial charge < -0.3 is 15.4 Å². The van der Waals surface area contributed by atoms with Crippen molar-refractivity contribution in [1.82, 2.24) is 9.88 Å². The molecule has 0 amide bonds. The SMILES string of the molecule is COC(=O)c1ccc(N)c(N2CCN(C(C)(C)C)CC2)n1. The number of esters is 1. The number of methoxy groups -OCH3 is 1. The number of rotatable bonds is 2. The number of nitrogens with two attached hydrogens (primary N) is 1. The summed E-state index contributed by atoms with van der Waals surface area (Å²) in [5.74, 6) is 0.232. The van der Waals surface area contributed by atoms with Gasteiger partial charge in [0.05, 0.1) is 12.8 Å². The number of pyridine rings is 1. The zero-order valence-electron chi connectivity index (χ0n) is 13.2. The molecule has 0 aliphatic carbocycles. The molecule has 6 heteroatoms. The predicted molar refractivity (Wildman–Crippen MR) is 83.5 cm³/mol. The molecule has 2 heterocycles. The number of carbonyl (C=O) groups is 1. The third-order valence-electron chi connectivity index (χ3n) is 3.83. The Hall–Kier alpha value is -1.82. The van der Waals surface area contributed by atoms with Crippen molar-refractivity contribution in [3.8, 4) is 0 Å². The summed E-state index contributed by atoms with van der Waals surface area (Å²) in [6, 6.07) is 3.31. The topological polar surface area (TPSA) is 71.7 Å². The molecule has 6 nitrogen and oxygen atoms in total. The molecular formula is C15H24N4O2. The van der Waals surface area contributed by atoms with E-state index in [0.717, 1.165) is 26.2 Å². The first-order chi connectivity index (χ1) is 9.82. The molecule has 1 saturated heterocycles. The first kappa shape index (κ1) is 15.6. The van der Waals surface area contributed by atoms with E-state index in [1.54, 1.807) is 12.1 Å². The maximum Gasteiger partial charge on any atom is 0.356 e. The van der Waals surface area contributed by atoms with Gasteiger partial charge in [-0.1, -0.05) is 0 Å². The van der Waals surface area contributed by atoms with Gasteiger partial charge in [-0.15, -0.1) is 0 Å². The van der Waals surface area contributed by atoms with Crippen molar-refractivity contribution in [2.75, 3.05) is 43.9 Å². The predicted octanol–water partition coefficient (Wildman–Crippen LogP) is 1.37. The standard InChI is InChI=1S/C15H24N4O2/c1-15(2,3)19-9-7-18(8-10-19)13-11(16)5-6-12(17-13)14(20)21-4/h5-6H,7-10,16H2,1-4H3. The number of ether oxygens (including phenoxy) is 1. The molecule has 0 saturated carbocycles. The number of aromatic nitrogens is 1. The smallest absolute Gasteiger partial charge is 0.356 e. The first-order valence-corrected chi connectivity index (χ1v) is 7.18. The van der Waals surface area contributed by atoms with Gasteiger partial charge in [-0.05, 0) is 32.9 Å². The maximum atomic E-state index is 11.6. The fourth-order valence-electron chi connectivity index (χ4n) is 2.52. The third-order valence-corrected chi connectivity index (χ3v) is 3.83. The number of hydrogen-bond donors (Lipinski definition) is 1. The summed E-state index contributed by atoms with van der Waals surface area (Å²) >= 11 is 0. The van der Waals surface area contributed by atoms with Gasteiger partial charge in [0, 0.05) is 31.7 Å². The van der Waals surface area contributed by atoms with Crippen LogP contribution in [0.25, 0.3) is 0 Å². The van der Waals surface area contributed by atoms with Gasteiger partial charge >= 0.3 is 5.97 Å². The van der Waals surface area contributed by atoms with Crippen molar-refractivity contribution < 1.29 is 9.53 Å². The normalized spacial score (nSPS) is 16.9. The number of hydrogen-bond acceptors (Lipinski definition) is 6. The summed E-state index contributed by atoms with van der Waals surface area (Å²) in [4.78, 5) is 20.5. The highest BCUT2D eigenvalue weighted by atomic mass is 16.5. The lowest BCUT2D eigenvalue weighted by Crippen LogP contribution is -2.53. The van der Waals surface area contributed by atoms with Gasteiger partial charge in [0.25, 0.3) is 0 Å². The van der Waals surface area contributed by atoms with E-state index in [1.807, 2.05) is 0 Å². The van der Waals surface area contributed by atoms with Crippen molar-refractivity contribution >= 4 is 17.5 Å². The average molecular weight is 292 g/mol. The minimum Gasteiger partial charge on any atom is -0.464 e. The van der Waals surface area contributed by atoms with Crippen LogP contribution in [0.3, 0.4) is 0 Å². The van der Waals surface area contributed by atoms with Crippen molar-refractivity contribution in [3.05, 3.63) is 17.8 Å². The molecule has 0 unspecified atom stereocenters. The van der Waals surface area contributed by atoms with Crippen LogP contribution in [0.2, 0.25) is 0 Å². The number of nitrogen functional groups attached to an aromatic ring is 1. The van der Waals surface area contributed by atoms with Crippen LogP contribution < -0.4 is 10.6 Å². The molecule has 0 aromatic carbocycles. The monoisotopic (exact) mass is 292 g/mol. The molecule has 0 spiro atoms. The molecular weight excluding hydrogens is 268 g/mol. The Morgan fingerprint density at radius 2 is 1.86 bits per heavy atom. The van der Waals surface area contributed by atoms with Gasteiger partial charge in [-0.25, -0.2) is 9.78 Å². The van der Waals surface area contributed by atoms with E-state index in [1.165, 1.54) is 7.11 Å². The lowest BCUT2D eigenvalue weighted by Gasteiger charge is -2.42. The van der Waals surface area contributed by atoms with Crippen molar-refractivity contribution in [1.29, 1.82) is 0 Å². The van der Waals surface area contributed by atoms with Crippen molar-refractivity contribution in [2.45, 2.75) is 26.3 Å². The molecule has 0 bridgehead atoms. The van der Waals surface area contributed by atoms with E-state index in [4.69, 9.17) is 10.5 Å². The van der Waals surface area contributed by atoms with Gasteiger partial charge in [0.15, 0.2) is 11.5 Å². The Morgan fingerprint density at radius 1 is 1.24 bits per heavy atom. The first-order valence-electron chi connectivity index (χ1n) is 7.18. The zero-order chi connectivity index (χ0) is 15.6. The molecule has 2 N–H and O–H groups in total. The zero-order valence-corrected chi connectivity index (χ0v) is 13.2. The van der Waals surface area contributed by atoms with Gasteiger partial charge in [-0.3, -0.25) is 4.90 Å². The molecule has 1 fully saturated rings. The van der Waals surface area contributed by atoms with Crippen molar-refractivity contribution in [2.24, 2.45) is 0 Å². The van der Waals surface area contributed by atoms with Crippen LogP contribution in [0.4, 0.5) is 11.5 Å². The highest BCUT2D eigenvalue weighted by molar-refractivity contribution is 5.88. The van der Waals surface area contributed by atoms with Crippen molar-refractivity contribution in [3.63, 3.8) is 0 Å². The summed E-state index contributed by atoms with van der Waals surface area (Å²) in [5.41, 5.74) is 7.06. The van der Waals surface area contributed by atoms with Gasteiger partial charge in [0.2, 0.25) is 0 Å². The Labute approximate surface area is 125 Å². The minimum atomic E-state index is -0.440. The van der Waals surface area contributed by atoms with E-state index in [9.17, 15) is 4.79 Å². The van der Waals surface area contributed by atoms with Crippen LogP contribution in [-0.2, 0) is 4.74 Å².